The molecular weight excluding hydrogens is 311 g/mol. The van der Waals surface area contributed by atoms with Crippen molar-refractivity contribution in [1.82, 2.24) is 24.8 Å². The summed E-state index contributed by atoms with van der Waals surface area (Å²) in [5, 5.41) is 14.6. The van der Waals surface area contributed by atoms with Crippen molar-refractivity contribution in [2.75, 3.05) is 5.32 Å². The maximum Gasteiger partial charge on any atom is 0.279 e. The number of carbonyl (C=O) groups excluding carboxylic acids is 1. The lowest BCUT2D eigenvalue weighted by molar-refractivity contribution is 0.102. The smallest absolute Gasteiger partial charge is 0.279 e. The molecule has 0 aliphatic carbocycles. The van der Waals surface area contributed by atoms with Gasteiger partial charge in [-0.25, -0.2) is 9.07 Å². The lowest BCUT2D eigenvalue weighted by atomic mass is 10.2. The van der Waals surface area contributed by atoms with Crippen molar-refractivity contribution in [1.29, 1.82) is 0 Å². The molecule has 3 rings (SSSR count). The lowest BCUT2D eigenvalue weighted by Gasteiger charge is -2.06. The van der Waals surface area contributed by atoms with Gasteiger partial charge in [-0.2, -0.15) is 5.10 Å². The van der Waals surface area contributed by atoms with Crippen LogP contribution < -0.4 is 5.32 Å². The largest absolute Gasteiger partial charge is 0.304 e. The summed E-state index contributed by atoms with van der Waals surface area (Å²) in [6, 6.07) is 6.49. The molecule has 0 fully saturated rings. The van der Waals surface area contributed by atoms with Crippen LogP contribution in [0.5, 0.6) is 0 Å². The number of nitrogens with zero attached hydrogens (tertiary/aromatic N) is 5. The van der Waals surface area contributed by atoms with Gasteiger partial charge in [-0.15, -0.1) is 5.10 Å². The first-order valence-electron chi connectivity index (χ1n) is 7.53. The van der Waals surface area contributed by atoms with Gasteiger partial charge in [-0.3, -0.25) is 9.48 Å². The zero-order valence-electron chi connectivity index (χ0n) is 13.6. The Bertz CT molecular complexity index is 898. The summed E-state index contributed by atoms with van der Waals surface area (Å²) in [7, 11) is 0. The molecule has 3 aromatic rings. The van der Waals surface area contributed by atoms with E-state index in [2.05, 4.69) is 20.7 Å². The van der Waals surface area contributed by atoms with E-state index in [0.29, 0.717) is 18.1 Å². The molecule has 0 saturated carbocycles. The van der Waals surface area contributed by atoms with E-state index in [-0.39, 0.29) is 11.4 Å². The molecule has 1 aromatic carbocycles. The minimum atomic E-state index is -0.437. The van der Waals surface area contributed by atoms with Crippen molar-refractivity contribution >= 4 is 11.7 Å². The van der Waals surface area contributed by atoms with E-state index in [0.717, 1.165) is 5.56 Å². The number of aryl methyl sites for hydroxylation is 2. The Morgan fingerprint density at radius 3 is 2.75 bits per heavy atom. The molecule has 0 saturated heterocycles. The van der Waals surface area contributed by atoms with E-state index in [1.807, 2.05) is 6.92 Å². The average molecular weight is 328 g/mol. The Hall–Kier alpha value is -3.03. The van der Waals surface area contributed by atoms with Crippen molar-refractivity contribution in [3.8, 4) is 5.69 Å². The first-order chi connectivity index (χ1) is 11.5. The first kappa shape index (κ1) is 15.9. The third-order valence-corrected chi connectivity index (χ3v) is 3.65. The van der Waals surface area contributed by atoms with Crippen LogP contribution in [0.15, 0.2) is 30.5 Å². The summed E-state index contributed by atoms with van der Waals surface area (Å²) in [6.45, 7) is 6.12. The van der Waals surface area contributed by atoms with E-state index in [4.69, 9.17) is 0 Å². The highest BCUT2D eigenvalue weighted by atomic mass is 19.1. The molecule has 0 aliphatic rings. The van der Waals surface area contributed by atoms with Crippen LogP contribution in [-0.4, -0.2) is 30.7 Å². The molecule has 24 heavy (non-hydrogen) atoms. The van der Waals surface area contributed by atoms with Crippen molar-refractivity contribution in [3.05, 3.63) is 53.2 Å². The Morgan fingerprint density at radius 2 is 2.08 bits per heavy atom. The summed E-state index contributed by atoms with van der Waals surface area (Å²) in [5.41, 5.74) is 1.63. The average Bonchev–Trinajstić information content (AvgIpc) is 3.14. The van der Waals surface area contributed by atoms with Crippen LogP contribution in [0.3, 0.4) is 0 Å². The number of nitrogens with one attached hydrogen (secondary N) is 1. The van der Waals surface area contributed by atoms with Gasteiger partial charge in [0.2, 0.25) is 0 Å². The van der Waals surface area contributed by atoms with Gasteiger partial charge in [0, 0.05) is 18.8 Å². The van der Waals surface area contributed by atoms with Crippen LogP contribution in [0.4, 0.5) is 10.2 Å². The number of halogens is 1. The van der Waals surface area contributed by atoms with Gasteiger partial charge in [0.1, 0.15) is 11.5 Å². The maximum absolute atomic E-state index is 14.1. The fourth-order valence-corrected chi connectivity index (χ4v) is 2.33. The zero-order valence-corrected chi connectivity index (χ0v) is 13.6. The van der Waals surface area contributed by atoms with Crippen molar-refractivity contribution in [3.63, 3.8) is 0 Å². The molecule has 2 heterocycles. The van der Waals surface area contributed by atoms with E-state index in [1.165, 1.54) is 10.7 Å². The lowest BCUT2D eigenvalue weighted by Crippen LogP contribution is -2.15. The van der Waals surface area contributed by atoms with Gasteiger partial charge >= 0.3 is 0 Å². The van der Waals surface area contributed by atoms with E-state index in [1.54, 1.807) is 42.9 Å². The Kier molecular flexibility index (Phi) is 4.11. The molecule has 0 aliphatic heterocycles. The predicted molar refractivity (Wildman–Crippen MR) is 86.6 cm³/mol. The van der Waals surface area contributed by atoms with Crippen LogP contribution >= 0.6 is 0 Å². The summed E-state index contributed by atoms with van der Waals surface area (Å²) >= 11 is 0. The number of rotatable bonds is 4. The van der Waals surface area contributed by atoms with Crippen LogP contribution in [0.25, 0.3) is 5.69 Å². The summed E-state index contributed by atoms with van der Waals surface area (Å²) in [6.07, 6.45) is 1.76. The van der Waals surface area contributed by atoms with Gasteiger partial charge < -0.3 is 5.32 Å². The molecule has 0 spiro atoms. The molecule has 0 unspecified atom stereocenters. The number of amides is 1. The van der Waals surface area contributed by atoms with Gasteiger partial charge in [0.05, 0.1) is 5.69 Å². The second-order valence-electron chi connectivity index (χ2n) is 5.40. The molecule has 0 bridgehead atoms. The summed E-state index contributed by atoms with van der Waals surface area (Å²) in [5.74, 6) is -0.429. The highest BCUT2D eigenvalue weighted by Gasteiger charge is 2.19. The van der Waals surface area contributed by atoms with Gasteiger partial charge in [-0.1, -0.05) is 11.3 Å². The fourth-order valence-electron chi connectivity index (χ4n) is 2.33. The van der Waals surface area contributed by atoms with E-state index in [9.17, 15) is 9.18 Å². The number of aromatic nitrogens is 5. The SMILES string of the molecule is CCn1ccc(NC(=O)c2nnn(-c3ccc(C)cc3F)c2C)n1. The first-order valence-corrected chi connectivity index (χ1v) is 7.53. The molecule has 1 N–H and O–H groups in total. The Labute approximate surface area is 138 Å². The molecule has 124 valence electrons. The highest BCUT2D eigenvalue weighted by molar-refractivity contribution is 6.03. The number of benzene rings is 1. The molecule has 7 nitrogen and oxygen atoms in total. The van der Waals surface area contributed by atoms with E-state index < -0.39 is 11.7 Å². The van der Waals surface area contributed by atoms with Crippen molar-refractivity contribution < 1.29 is 9.18 Å². The maximum atomic E-state index is 14.1. The van der Waals surface area contributed by atoms with Crippen LogP contribution in [0.1, 0.15) is 28.7 Å². The van der Waals surface area contributed by atoms with Crippen molar-refractivity contribution in [2.24, 2.45) is 0 Å². The van der Waals surface area contributed by atoms with Crippen LogP contribution in [0.2, 0.25) is 0 Å². The van der Waals surface area contributed by atoms with Crippen LogP contribution in [0, 0.1) is 19.7 Å². The molecular formula is C16H17FN6O. The molecule has 1 amide bonds. The number of carbonyl (C=O) groups is 1. The summed E-state index contributed by atoms with van der Waals surface area (Å²) in [4.78, 5) is 12.3. The summed E-state index contributed by atoms with van der Waals surface area (Å²) < 4.78 is 17.1. The third-order valence-electron chi connectivity index (χ3n) is 3.65. The monoisotopic (exact) mass is 328 g/mol. The second kappa shape index (κ2) is 6.23. The van der Waals surface area contributed by atoms with Gasteiger partial charge in [0.15, 0.2) is 11.5 Å². The third kappa shape index (κ3) is 2.90. The van der Waals surface area contributed by atoms with Crippen LogP contribution in [-0.2, 0) is 6.54 Å². The normalized spacial score (nSPS) is 10.8. The zero-order chi connectivity index (χ0) is 17.3. The highest BCUT2D eigenvalue weighted by Crippen LogP contribution is 2.17. The van der Waals surface area contributed by atoms with Gasteiger partial charge in [-0.05, 0) is 38.5 Å². The Morgan fingerprint density at radius 1 is 1.29 bits per heavy atom. The number of hydrogen-bond acceptors (Lipinski definition) is 4. The quantitative estimate of drug-likeness (QED) is 0.798. The molecule has 0 radical (unpaired) electrons. The molecule has 8 heteroatoms. The van der Waals surface area contributed by atoms with Gasteiger partial charge in [0.25, 0.3) is 5.91 Å². The standard InChI is InChI=1S/C16H17FN6O/c1-4-22-8-7-14(20-22)18-16(24)15-11(3)23(21-19-15)13-6-5-10(2)9-12(13)17/h5-9H,4H2,1-3H3,(H,18,20,24). The molecule has 0 atom stereocenters. The minimum absolute atomic E-state index is 0.126. The number of hydrogen-bond donors (Lipinski definition) is 1. The second-order valence-corrected chi connectivity index (χ2v) is 5.40. The Balaban J connectivity index is 1.87. The number of anilines is 1. The minimum Gasteiger partial charge on any atom is -0.304 e. The van der Waals surface area contributed by atoms with E-state index >= 15 is 0 Å². The fraction of sp³-hybridized carbons (Fsp3) is 0.250. The van der Waals surface area contributed by atoms with Crippen molar-refractivity contribution in [2.45, 2.75) is 27.3 Å². The topological polar surface area (TPSA) is 77.6 Å². The predicted octanol–water partition coefficient (Wildman–Crippen LogP) is 2.49. The molecule has 2 aromatic heterocycles.